The third-order valence-corrected chi connectivity index (χ3v) is 2.56. The summed E-state index contributed by atoms with van der Waals surface area (Å²) in [5, 5.41) is 2.78. The Balaban J connectivity index is 4.09. The first kappa shape index (κ1) is 19.7. The highest BCUT2D eigenvalue weighted by atomic mass is 16.6. The monoisotopic (exact) mass is 303 g/mol. The van der Waals surface area contributed by atoms with Crippen molar-refractivity contribution < 1.29 is 23.8 Å². The lowest BCUT2D eigenvalue weighted by atomic mass is 10.1. The van der Waals surface area contributed by atoms with E-state index in [1.54, 1.807) is 6.92 Å². The molecule has 0 aromatic heterocycles. The Morgan fingerprint density at radius 1 is 1.19 bits per heavy atom. The van der Waals surface area contributed by atoms with Crippen molar-refractivity contribution in [3.05, 3.63) is 0 Å². The van der Waals surface area contributed by atoms with Crippen molar-refractivity contribution >= 4 is 12.1 Å². The largest absolute Gasteiger partial charge is 0.466 e. The van der Waals surface area contributed by atoms with E-state index in [-0.39, 0.29) is 31.0 Å². The van der Waals surface area contributed by atoms with Crippen molar-refractivity contribution in [2.45, 2.75) is 59.6 Å². The van der Waals surface area contributed by atoms with Gasteiger partial charge in [0, 0.05) is 0 Å². The first-order valence-electron chi connectivity index (χ1n) is 7.38. The molecule has 0 saturated heterocycles. The van der Waals surface area contributed by atoms with Crippen molar-refractivity contribution in [3.63, 3.8) is 0 Å². The van der Waals surface area contributed by atoms with Gasteiger partial charge >= 0.3 is 12.1 Å². The molecule has 0 bridgehead atoms. The minimum absolute atomic E-state index is 0.165. The van der Waals surface area contributed by atoms with Crippen molar-refractivity contribution in [1.29, 1.82) is 0 Å². The zero-order valence-corrected chi connectivity index (χ0v) is 14.0. The number of rotatable bonds is 8. The quantitative estimate of drug-likeness (QED) is 0.551. The van der Waals surface area contributed by atoms with Crippen molar-refractivity contribution in [1.82, 2.24) is 5.32 Å². The predicted molar refractivity (Wildman–Crippen MR) is 80.1 cm³/mol. The van der Waals surface area contributed by atoms with Gasteiger partial charge in [-0.25, -0.2) is 4.79 Å². The van der Waals surface area contributed by atoms with E-state index in [0.29, 0.717) is 13.2 Å². The zero-order chi connectivity index (χ0) is 16.5. The van der Waals surface area contributed by atoms with Gasteiger partial charge < -0.3 is 19.5 Å². The molecule has 0 fully saturated rings. The number of hydrogen-bond acceptors (Lipinski definition) is 5. The normalized spacial score (nSPS) is 12.9. The summed E-state index contributed by atoms with van der Waals surface area (Å²) in [5.74, 6) is -0.0844. The van der Waals surface area contributed by atoms with E-state index in [1.807, 2.05) is 34.6 Å². The Labute approximate surface area is 127 Å². The van der Waals surface area contributed by atoms with Gasteiger partial charge in [-0.05, 0) is 33.6 Å². The first-order chi connectivity index (χ1) is 9.65. The fourth-order valence-electron chi connectivity index (χ4n) is 1.46. The maximum absolute atomic E-state index is 11.7. The second-order valence-electron chi connectivity index (χ2n) is 6.13. The molecule has 1 N–H and O–H groups in total. The van der Waals surface area contributed by atoms with Crippen LogP contribution in [0.1, 0.15) is 48.0 Å². The maximum atomic E-state index is 11.7. The van der Waals surface area contributed by atoms with Crippen LogP contribution in [-0.4, -0.2) is 43.5 Å². The molecule has 21 heavy (non-hydrogen) atoms. The van der Waals surface area contributed by atoms with Crippen molar-refractivity contribution in [2.75, 3.05) is 19.8 Å². The molecule has 0 spiro atoms. The summed E-state index contributed by atoms with van der Waals surface area (Å²) in [4.78, 5) is 22.9. The van der Waals surface area contributed by atoms with E-state index in [4.69, 9.17) is 14.2 Å². The molecule has 0 saturated carbocycles. The van der Waals surface area contributed by atoms with Crippen molar-refractivity contribution in [2.24, 2.45) is 5.92 Å². The molecule has 0 heterocycles. The molecule has 0 aliphatic rings. The minimum Gasteiger partial charge on any atom is -0.466 e. The van der Waals surface area contributed by atoms with E-state index in [9.17, 15) is 9.59 Å². The lowest BCUT2D eigenvalue weighted by molar-refractivity contribution is -0.144. The van der Waals surface area contributed by atoms with Crippen LogP contribution in [0.2, 0.25) is 0 Å². The fraction of sp³-hybridized carbons (Fsp3) is 0.867. The Bertz CT molecular complexity index is 323. The van der Waals surface area contributed by atoms with Gasteiger partial charge in [-0.1, -0.05) is 13.8 Å². The maximum Gasteiger partial charge on any atom is 0.407 e. The summed E-state index contributed by atoms with van der Waals surface area (Å²) in [6.45, 7) is 12.1. The van der Waals surface area contributed by atoms with Crippen LogP contribution in [0.3, 0.4) is 0 Å². The van der Waals surface area contributed by atoms with Crippen LogP contribution in [-0.2, 0) is 19.0 Å². The van der Waals surface area contributed by atoms with Crippen LogP contribution in [0.25, 0.3) is 0 Å². The van der Waals surface area contributed by atoms with Gasteiger partial charge in [0.1, 0.15) is 5.60 Å². The smallest absolute Gasteiger partial charge is 0.407 e. The Morgan fingerprint density at radius 2 is 1.81 bits per heavy atom. The Kier molecular flexibility index (Phi) is 9.01. The van der Waals surface area contributed by atoms with E-state index in [2.05, 4.69) is 5.32 Å². The van der Waals surface area contributed by atoms with Gasteiger partial charge in [0.15, 0.2) is 0 Å². The lowest BCUT2D eigenvalue weighted by Gasteiger charge is -2.25. The number of nitrogens with one attached hydrogen (secondary N) is 1. The fourth-order valence-corrected chi connectivity index (χ4v) is 1.46. The predicted octanol–water partition coefficient (Wildman–Crippen LogP) is 2.51. The van der Waals surface area contributed by atoms with Gasteiger partial charge in [0.2, 0.25) is 0 Å². The number of amides is 1. The summed E-state index contributed by atoms with van der Waals surface area (Å²) >= 11 is 0. The second-order valence-corrected chi connectivity index (χ2v) is 6.13. The molecule has 1 atom stereocenters. The number of ether oxygens (including phenoxy) is 3. The summed E-state index contributed by atoms with van der Waals surface area (Å²) in [5.41, 5.74) is -0.531. The van der Waals surface area contributed by atoms with Gasteiger partial charge in [0.25, 0.3) is 0 Å². The molecular weight excluding hydrogens is 274 g/mol. The van der Waals surface area contributed by atoms with Gasteiger partial charge in [-0.3, -0.25) is 4.79 Å². The number of esters is 1. The summed E-state index contributed by atoms with van der Waals surface area (Å²) in [6, 6.07) is -0.165. The van der Waals surface area contributed by atoms with Crippen LogP contribution >= 0.6 is 0 Å². The standard InChI is InChI=1S/C15H29NO5/c1-7-20-13(17)8-9-19-10-12(11(2)3)16-14(18)21-15(4,5)6/h11-12H,7-10H2,1-6H3,(H,16,18). The first-order valence-corrected chi connectivity index (χ1v) is 7.38. The summed E-state index contributed by atoms with van der Waals surface area (Å²) in [6.07, 6.45) is -0.249. The molecule has 6 heteroatoms. The van der Waals surface area contributed by atoms with E-state index < -0.39 is 11.7 Å². The molecule has 1 amide bonds. The molecule has 0 aromatic carbocycles. The van der Waals surface area contributed by atoms with Gasteiger partial charge in [0.05, 0.1) is 32.3 Å². The number of hydrogen-bond donors (Lipinski definition) is 1. The average molecular weight is 303 g/mol. The molecule has 124 valence electrons. The zero-order valence-electron chi connectivity index (χ0n) is 14.0. The highest BCUT2D eigenvalue weighted by molar-refractivity contribution is 5.69. The minimum atomic E-state index is -0.531. The highest BCUT2D eigenvalue weighted by Crippen LogP contribution is 2.09. The SMILES string of the molecule is CCOC(=O)CCOCC(NC(=O)OC(C)(C)C)C(C)C. The molecule has 0 rings (SSSR count). The van der Waals surface area contributed by atoms with E-state index >= 15 is 0 Å². The lowest BCUT2D eigenvalue weighted by Crippen LogP contribution is -2.44. The number of carbonyl (C=O) groups is 2. The van der Waals surface area contributed by atoms with Crippen molar-refractivity contribution in [3.8, 4) is 0 Å². The van der Waals surface area contributed by atoms with Crippen LogP contribution in [0.4, 0.5) is 4.79 Å². The molecule has 6 nitrogen and oxygen atoms in total. The summed E-state index contributed by atoms with van der Waals surface area (Å²) < 4.78 is 15.5. The Morgan fingerprint density at radius 3 is 2.29 bits per heavy atom. The third kappa shape index (κ3) is 11.1. The van der Waals surface area contributed by atoms with Crippen LogP contribution in [0, 0.1) is 5.92 Å². The van der Waals surface area contributed by atoms with Gasteiger partial charge in [-0.2, -0.15) is 0 Å². The topological polar surface area (TPSA) is 73.9 Å². The van der Waals surface area contributed by atoms with E-state index in [0.717, 1.165) is 0 Å². The molecule has 0 radical (unpaired) electrons. The van der Waals surface area contributed by atoms with Crippen LogP contribution < -0.4 is 5.32 Å². The average Bonchev–Trinajstić information content (AvgIpc) is 2.30. The van der Waals surface area contributed by atoms with Crippen LogP contribution in [0.15, 0.2) is 0 Å². The molecule has 0 aliphatic heterocycles. The highest BCUT2D eigenvalue weighted by Gasteiger charge is 2.21. The van der Waals surface area contributed by atoms with Crippen LogP contribution in [0.5, 0.6) is 0 Å². The number of carbonyl (C=O) groups excluding carboxylic acids is 2. The molecule has 1 unspecified atom stereocenters. The molecule has 0 aliphatic carbocycles. The number of alkyl carbamates (subject to hydrolysis) is 1. The molecule has 0 aromatic rings. The Hall–Kier alpha value is -1.30. The molecular formula is C15H29NO5. The summed E-state index contributed by atoms with van der Waals surface area (Å²) in [7, 11) is 0. The second kappa shape index (κ2) is 9.60. The van der Waals surface area contributed by atoms with Gasteiger partial charge in [-0.15, -0.1) is 0 Å². The third-order valence-electron chi connectivity index (χ3n) is 2.56. The van der Waals surface area contributed by atoms with E-state index in [1.165, 1.54) is 0 Å².